The van der Waals surface area contributed by atoms with Gasteiger partial charge in [-0.05, 0) is 13.0 Å². The number of hydrogen-bond acceptors (Lipinski definition) is 6. The maximum absolute atomic E-state index is 12.8. The summed E-state index contributed by atoms with van der Waals surface area (Å²) in [6.07, 6.45) is 0. The molecule has 2 N–H and O–H groups in total. The number of ether oxygens (including phenoxy) is 2. The molecule has 0 aliphatic heterocycles. The van der Waals surface area contributed by atoms with Crippen molar-refractivity contribution in [3.63, 3.8) is 0 Å². The molecule has 0 bridgehead atoms. The maximum atomic E-state index is 12.8. The van der Waals surface area contributed by atoms with Crippen LogP contribution in [0, 0.1) is 0 Å². The smallest absolute Gasteiger partial charge is 0.387 e. The number of hydrogen-bond donors (Lipinski definition) is 2. The monoisotopic (exact) mass is 541 g/mol. The van der Waals surface area contributed by atoms with Gasteiger partial charge < -0.3 is 25.0 Å². The topological polar surface area (TPSA) is 71.0 Å². The molecule has 0 fully saturated rings. The first-order valence-electron chi connectivity index (χ1n) is 8.70. The summed E-state index contributed by atoms with van der Waals surface area (Å²) in [5.74, 6) is 0.824. The molecule has 0 amide bonds. The van der Waals surface area contributed by atoms with E-state index in [1.54, 1.807) is 43.5 Å². The zero-order chi connectivity index (χ0) is 20.5. The minimum Gasteiger partial charge on any atom is -0.490 e. The average Bonchev–Trinajstić information content (AvgIpc) is 3.13. The van der Waals surface area contributed by atoms with Gasteiger partial charge >= 0.3 is 6.61 Å². The summed E-state index contributed by atoms with van der Waals surface area (Å²) in [5, 5.41) is 9.13. The summed E-state index contributed by atoms with van der Waals surface area (Å²) in [5.41, 5.74) is 1.43. The van der Waals surface area contributed by atoms with Gasteiger partial charge in [0.1, 0.15) is 0 Å². The molecule has 2 rings (SSSR count). The lowest BCUT2D eigenvalue weighted by Gasteiger charge is -2.17. The van der Waals surface area contributed by atoms with E-state index in [1.807, 2.05) is 24.4 Å². The SMILES string of the molecule is CCOc1cccc(CNC(=NC)NCc2csc(N(C)C)n2)c1OC(F)F.I. The first-order valence-corrected chi connectivity index (χ1v) is 9.58. The molecule has 0 aliphatic carbocycles. The number of thiazole rings is 1. The van der Waals surface area contributed by atoms with Gasteiger partial charge in [-0.15, -0.1) is 35.3 Å². The summed E-state index contributed by atoms with van der Waals surface area (Å²) in [6.45, 7) is -0.0782. The van der Waals surface area contributed by atoms with E-state index < -0.39 is 6.61 Å². The van der Waals surface area contributed by atoms with Crippen LogP contribution in [0.5, 0.6) is 11.5 Å². The number of alkyl halides is 2. The fraction of sp³-hybridized carbons (Fsp3) is 0.444. The number of rotatable bonds is 9. The van der Waals surface area contributed by atoms with Gasteiger partial charge in [-0.25, -0.2) is 4.98 Å². The molecule has 0 unspecified atom stereocenters. The molecule has 1 aromatic heterocycles. The summed E-state index contributed by atoms with van der Waals surface area (Å²) < 4.78 is 35.7. The number of para-hydroxylation sites is 1. The van der Waals surface area contributed by atoms with Crippen molar-refractivity contribution in [3.05, 3.63) is 34.8 Å². The normalized spacial score (nSPS) is 11.1. The number of aromatic nitrogens is 1. The predicted molar refractivity (Wildman–Crippen MR) is 123 cm³/mol. The second kappa shape index (κ2) is 12.6. The molecule has 0 aliphatic rings. The van der Waals surface area contributed by atoms with E-state index in [4.69, 9.17) is 4.74 Å². The highest BCUT2D eigenvalue weighted by Gasteiger charge is 2.16. The molecule has 0 saturated heterocycles. The van der Waals surface area contributed by atoms with E-state index >= 15 is 0 Å². The van der Waals surface area contributed by atoms with Gasteiger partial charge in [0.15, 0.2) is 22.6 Å². The third-order valence-corrected chi connectivity index (χ3v) is 4.65. The van der Waals surface area contributed by atoms with Crippen LogP contribution in [0.1, 0.15) is 18.2 Å². The standard InChI is InChI=1S/C18H25F2N5O2S.HI/c1-5-26-14-8-6-7-12(15(14)27-16(19)20)9-22-17(21-2)23-10-13-11-28-18(24-13)25(3)4;/h6-8,11,16H,5,9-10H2,1-4H3,(H2,21,22,23);1H. The Kier molecular flexibility index (Phi) is 10.9. The van der Waals surface area contributed by atoms with E-state index in [9.17, 15) is 8.78 Å². The molecular weight excluding hydrogens is 515 g/mol. The van der Waals surface area contributed by atoms with Crippen molar-refractivity contribution in [1.82, 2.24) is 15.6 Å². The highest BCUT2D eigenvalue weighted by molar-refractivity contribution is 14.0. The lowest BCUT2D eigenvalue weighted by molar-refractivity contribution is -0.0520. The fourth-order valence-electron chi connectivity index (χ4n) is 2.35. The van der Waals surface area contributed by atoms with Crippen LogP contribution >= 0.6 is 35.3 Å². The first-order chi connectivity index (χ1) is 13.4. The van der Waals surface area contributed by atoms with Gasteiger partial charge in [0.25, 0.3) is 0 Å². The number of aliphatic imine (C=N–C) groups is 1. The van der Waals surface area contributed by atoms with Crippen LogP contribution in [0.4, 0.5) is 13.9 Å². The van der Waals surface area contributed by atoms with E-state index in [0.717, 1.165) is 10.8 Å². The van der Waals surface area contributed by atoms with Crippen molar-refractivity contribution in [1.29, 1.82) is 0 Å². The number of benzene rings is 1. The van der Waals surface area contributed by atoms with E-state index in [-0.39, 0.29) is 42.0 Å². The molecule has 2 aromatic rings. The summed E-state index contributed by atoms with van der Waals surface area (Å²) >= 11 is 1.55. The lowest BCUT2D eigenvalue weighted by Crippen LogP contribution is -2.36. The van der Waals surface area contributed by atoms with Crippen LogP contribution < -0.4 is 25.0 Å². The maximum Gasteiger partial charge on any atom is 0.387 e. The average molecular weight is 541 g/mol. The largest absolute Gasteiger partial charge is 0.490 e. The first kappa shape index (κ1) is 25.1. The molecule has 0 spiro atoms. The summed E-state index contributed by atoms with van der Waals surface area (Å²) in [7, 11) is 5.51. The van der Waals surface area contributed by atoms with Crippen LogP contribution in [-0.2, 0) is 13.1 Å². The Morgan fingerprint density at radius 3 is 2.59 bits per heavy atom. The summed E-state index contributed by atoms with van der Waals surface area (Å²) in [4.78, 5) is 10.6. The van der Waals surface area contributed by atoms with Crippen LogP contribution in [0.25, 0.3) is 0 Å². The molecule has 0 saturated carbocycles. The Morgan fingerprint density at radius 1 is 1.28 bits per heavy atom. The highest BCUT2D eigenvalue weighted by atomic mass is 127. The Balaban J connectivity index is 0.00000420. The molecule has 1 aromatic carbocycles. The van der Waals surface area contributed by atoms with Gasteiger partial charge in [0.05, 0.1) is 18.8 Å². The minimum atomic E-state index is -2.94. The molecule has 29 heavy (non-hydrogen) atoms. The number of nitrogens with zero attached hydrogens (tertiary/aromatic N) is 3. The van der Waals surface area contributed by atoms with Crippen molar-refractivity contribution in [2.45, 2.75) is 26.6 Å². The van der Waals surface area contributed by atoms with Crippen LogP contribution in [0.3, 0.4) is 0 Å². The Labute approximate surface area is 190 Å². The second-order valence-electron chi connectivity index (χ2n) is 5.85. The van der Waals surface area contributed by atoms with Crippen molar-refractivity contribution >= 4 is 46.4 Å². The molecule has 11 heteroatoms. The Morgan fingerprint density at radius 2 is 2.00 bits per heavy atom. The third kappa shape index (κ3) is 7.80. The zero-order valence-corrected chi connectivity index (χ0v) is 19.9. The molecular formula is C18H26F2IN5O2S. The number of nitrogens with one attached hydrogen (secondary N) is 2. The number of guanidine groups is 1. The molecule has 162 valence electrons. The third-order valence-electron chi connectivity index (χ3n) is 3.60. The summed E-state index contributed by atoms with van der Waals surface area (Å²) in [6, 6.07) is 5.03. The number of halogens is 3. The van der Waals surface area contributed by atoms with Gasteiger partial charge in [-0.1, -0.05) is 12.1 Å². The van der Waals surface area contributed by atoms with E-state index in [1.165, 1.54) is 0 Å². The van der Waals surface area contributed by atoms with Crippen LogP contribution in [0.2, 0.25) is 0 Å². The van der Waals surface area contributed by atoms with Gasteiger partial charge in [0, 0.05) is 38.6 Å². The van der Waals surface area contributed by atoms with Crippen molar-refractivity contribution < 1.29 is 18.3 Å². The van der Waals surface area contributed by atoms with Crippen molar-refractivity contribution in [2.75, 3.05) is 32.6 Å². The van der Waals surface area contributed by atoms with Crippen LogP contribution in [-0.4, -0.2) is 45.3 Å². The van der Waals surface area contributed by atoms with E-state index in [2.05, 4.69) is 25.3 Å². The lowest BCUT2D eigenvalue weighted by atomic mass is 10.2. The molecule has 1 heterocycles. The van der Waals surface area contributed by atoms with Gasteiger partial charge in [0.2, 0.25) is 0 Å². The fourth-order valence-corrected chi connectivity index (χ4v) is 3.11. The van der Waals surface area contributed by atoms with E-state index in [0.29, 0.717) is 24.7 Å². The molecule has 7 nitrogen and oxygen atoms in total. The zero-order valence-electron chi connectivity index (χ0n) is 16.7. The van der Waals surface area contributed by atoms with Gasteiger partial charge in [-0.3, -0.25) is 4.99 Å². The molecule has 0 radical (unpaired) electrons. The van der Waals surface area contributed by atoms with Crippen LogP contribution in [0.15, 0.2) is 28.6 Å². The van der Waals surface area contributed by atoms with Crippen molar-refractivity contribution in [3.8, 4) is 11.5 Å². The van der Waals surface area contributed by atoms with Crippen molar-refractivity contribution in [2.24, 2.45) is 4.99 Å². The Hall–Kier alpha value is -1.89. The predicted octanol–water partition coefficient (Wildman–Crippen LogP) is 3.69. The quantitative estimate of drug-likeness (QED) is 0.287. The second-order valence-corrected chi connectivity index (χ2v) is 6.69. The minimum absolute atomic E-state index is 0. The Bertz CT molecular complexity index is 789. The van der Waals surface area contributed by atoms with Gasteiger partial charge in [-0.2, -0.15) is 8.78 Å². The highest BCUT2D eigenvalue weighted by Crippen LogP contribution is 2.32. The number of anilines is 1. The molecule has 0 atom stereocenters.